The van der Waals surface area contributed by atoms with Crippen LogP contribution in [0.1, 0.15) is 11.1 Å². The lowest BCUT2D eigenvalue weighted by molar-refractivity contribution is -0.137. The molecule has 0 spiro atoms. The molecule has 0 radical (unpaired) electrons. The van der Waals surface area contributed by atoms with Gasteiger partial charge in [-0.1, -0.05) is 35.9 Å². The van der Waals surface area contributed by atoms with Crippen molar-refractivity contribution >= 4 is 17.2 Å². The number of hydrogen-bond acceptors (Lipinski definition) is 2. The summed E-state index contributed by atoms with van der Waals surface area (Å²) in [7, 11) is 0. The molecule has 0 amide bonds. The van der Waals surface area contributed by atoms with Crippen LogP contribution in [0.3, 0.4) is 0 Å². The molecule has 2 aromatic heterocycles. The zero-order valence-corrected chi connectivity index (χ0v) is 12.0. The third-order valence-electron chi connectivity index (χ3n) is 3.32. The van der Waals surface area contributed by atoms with Crippen molar-refractivity contribution in [1.29, 1.82) is 0 Å². The highest BCUT2D eigenvalue weighted by Gasteiger charge is 2.31. The molecule has 0 saturated carbocycles. The summed E-state index contributed by atoms with van der Waals surface area (Å²) >= 11 is 5.92. The van der Waals surface area contributed by atoms with Gasteiger partial charge in [0.25, 0.3) is 0 Å². The van der Waals surface area contributed by atoms with Crippen molar-refractivity contribution in [2.24, 2.45) is 5.73 Å². The normalized spacial score (nSPS) is 12.0. The second-order valence-electron chi connectivity index (χ2n) is 4.83. The van der Waals surface area contributed by atoms with Gasteiger partial charge in [0.15, 0.2) is 5.65 Å². The minimum atomic E-state index is -4.45. The summed E-state index contributed by atoms with van der Waals surface area (Å²) in [6.07, 6.45) is -1.95. The van der Waals surface area contributed by atoms with E-state index in [1.165, 1.54) is 10.6 Å². The van der Waals surface area contributed by atoms with Gasteiger partial charge in [-0.2, -0.15) is 13.2 Å². The Labute approximate surface area is 129 Å². The third kappa shape index (κ3) is 2.67. The summed E-state index contributed by atoms with van der Waals surface area (Å²) in [5.41, 5.74) is 7.30. The fourth-order valence-electron chi connectivity index (χ4n) is 2.16. The maximum atomic E-state index is 12.8. The molecule has 114 valence electrons. The van der Waals surface area contributed by atoms with Crippen LogP contribution in [0.15, 0.2) is 42.7 Å². The van der Waals surface area contributed by atoms with Gasteiger partial charge in [0.2, 0.25) is 0 Å². The summed E-state index contributed by atoms with van der Waals surface area (Å²) in [5.74, 6) is 0. The Kier molecular flexibility index (Phi) is 3.58. The van der Waals surface area contributed by atoms with Gasteiger partial charge in [-0.3, -0.25) is 0 Å². The lowest BCUT2D eigenvalue weighted by Crippen LogP contribution is -2.06. The van der Waals surface area contributed by atoms with Gasteiger partial charge in [-0.15, -0.1) is 0 Å². The average Bonchev–Trinajstić information content (AvgIpc) is 2.91. The number of fused-ring (bicyclic) bond motifs is 1. The minimum absolute atomic E-state index is 0.0420. The van der Waals surface area contributed by atoms with E-state index in [-0.39, 0.29) is 10.7 Å². The van der Waals surface area contributed by atoms with Crippen molar-refractivity contribution in [2.45, 2.75) is 12.7 Å². The zero-order chi connectivity index (χ0) is 15.9. The molecule has 0 bridgehead atoms. The molecule has 22 heavy (non-hydrogen) atoms. The van der Waals surface area contributed by atoms with Gasteiger partial charge >= 0.3 is 6.18 Å². The van der Waals surface area contributed by atoms with Crippen LogP contribution in [0.25, 0.3) is 16.9 Å². The van der Waals surface area contributed by atoms with Gasteiger partial charge in [0.1, 0.15) is 0 Å². The smallest absolute Gasteiger partial charge is 0.326 e. The second-order valence-corrected chi connectivity index (χ2v) is 5.24. The SMILES string of the molecule is NCc1ccc(-c2cn3cc(C(F)(F)F)cc(Cl)c3n2)cc1. The summed E-state index contributed by atoms with van der Waals surface area (Å²) in [6.45, 7) is 0.423. The molecule has 0 fully saturated rings. The van der Waals surface area contributed by atoms with E-state index in [4.69, 9.17) is 17.3 Å². The minimum Gasteiger partial charge on any atom is -0.326 e. The molecule has 0 saturated heterocycles. The van der Waals surface area contributed by atoms with E-state index in [2.05, 4.69) is 4.98 Å². The molecule has 0 aliphatic heterocycles. The van der Waals surface area contributed by atoms with Crippen LogP contribution in [0.5, 0.6) is 0 Å². The number of alkyl halides is 3. The molecular formula is C15H11ClF3N3. The van der Waals surface area contributed by atoms with Crippen molar-refractivity contribution in [3.63, 3.8) is 0 Å². The van der Waals surface area contributed by atoms with Crippen LogP contribution >= 0.6 is 11.6 Å². The molecule has 3 rings (SSSR count). The molecule has 7 heteroatoms. The number of pyridine rings is 1. The largest absolute Gasteiger partial charge is 0.417 e. The predicted molar refractivity (Wildman–Crippen MR) is 78.5 cm³/mol. The standard InChI is InChI=1S/C15H11ClF3N3/c16-12-5-11(15(17,18)19)7-22-8-13(21-14(12)22)10-3-1-9(6-20)2-4-10/h1-5,7-8H,6,20H2. The number of imidazole rings is 1. The van der Waals surface area contributed by atoms with E-state index in [0.29, 0.717) is 12.2 Å². The first-order valence-electron chi connectivity index (χ1n) is 6.43. The number of benzene rings is 1. The Morgan fingerprint density at radius 1 is 1.14 bits per heavy atom. The molecule has 0 aliphatic rings. The average molecular weight is 326 g/mol. The van der Waals surface area contributed by atoms with Crippen molar-refractivity contribution < 1.29 is 13.2 Å². The first kappa shape index (κ1) is 14.9. The number of hydrogen-bond donors (Lipinski definition) is 1. The Morgan fingerprint density at radius 3 is 2.41 bits per heavy atom. The Hall–Kier alpha value is -2.05. The molecule has 1 aromatic carbocycles. The maximum absolute atomic E-state index is 12.8. The highest BCUT2D eigenvalue weighted by molar-refractivity contribution is 6.33. The van der Waals surface area contributed by atoms with E-state index in [9.17, 15) is 13.2 Å². The van der Waals surface area contributed by atoms with E-state index < -0.39 is 11.7 Å². The van der Waals surface area contributed by atoms with E-state index >= 15 is 0 Å². The lowest BCUT2D eigenvalue weighted by atomic mass is 10.1. The quantitative estimate of drug-likeness (QED) is 0.769. The molecule has 0 unspecified atom stereocenters. The fraction of sp³-hybridized carbons (Fsp3) is 0.133. The molecule has 3 nitrogen and oxygen atoms in total. The summed E-state index contributed by atoms with van der Waals surface area (Å²) < 4.78 is 39.7. The van der Waals surface area contributed by atoms with Crippen LogP contribution in [-0.2, 0) is 12.7 Å². The van der Waals surface area contributed by atoms with Crippen LogP contribution < -0.4 is 5.73 Å². The highest BCUT2D eigenvalue weighted by atomic mass is 35.5. The van der Waals surface area contributed by atoms with Crippen molar-refractivity contribution in [3.05, 3.63) is 58.9 Å². The van der Waals surface area contributed by atoms with E-state index in [1.54, 1.807) is 0 Å². The topological polar surface area (TPSA) is 43.3 Å². The number of nitrogens with two attached hydrogens (primary N) is 1. The monoisotopic (exact) mass is 325 g/mol. The molecular weight excluding hydrogens is 315 g/mol. The molecule has 3 aromatic rings. The first-order chi connectivity index (χ1) is 10.4. The Balaban J connectivity index is 2.10. The summed E-state index contributed by atoms with van der Waals surface area (Å²) in [6, 6.07) is 8.22. The van der Waals surface area contributed by atoms with Gasteiger partial charge in [0.05, 0.1) is 16.3 Å². The second kappa shape index (κ2) is 5.30. The Morgan fingerprint density at radius 2 is 1.82 bits per heavy atom. The number of aromatic nitrogens is 2. The van der Waals surface area contributed by atoms with Crippen molar-refractivity contribution in [1.82, 2.24) is 9.38 Å². The Bertz CT molecular complexity index is 822. The van der Waals surface area contributed by atoms with Gasteiger partial charge in [-0.25, -0.2) is 4.98 Å². The predicted octanol–water partition coefficient (Wildman–Crippen LogP) is 4.13. The summed E-state index contributed by atoms with van der Waals surface area (Å²) in [5, 5.41) is -0.0420. The van der Waals surface area contributed by atoms with E-state index in [1.807, 2.05) is 24.3 Å². The molecule has 0 aliphatic carbocycles. The van der Waals surface area contributed by atoms with Gasteiger partial charge < -0.3 is 10.1 Å². The van der Waals surface area contributed by atoms with Crippen LogP contribution in [0.4, 0.5) is 13.2 Å². The van der Waals surface area contributed by atoms with Crippen LogP contribution in [0.2, 0.25) is 5.02 Å². The maximum Gasteiger partial charge on any atom is 0.417 e. The molecule has 2 N–H and O–H groups in total. The van der Waals surface area contributed by atoms with Crippen molar-refractivity contribution in [2.75, 3.05) is 0 Å². The van der Waals surface area contributed by atoms with Crippen molar-refractivity contribution in [3.8, 4) is 11.3 Å². The third-order valence-corrected chi connectivity index (χ3v) is 3.60. The molecule has 2 heterocycles. The number of halogens is 4. The fourth-order valence-corrected chi connectivity index (χ4v) is 2.42. The number of rotatable bonds is 2. The van der Waals surface area contributed by atoms with Gasteiger partial charge in [-0.05, 0) is 11.6 Å². The molecule has 0 atom stereocenters. The van der Waals surface area contributed by atoms with Gasteiger partial charge in [0, 0.05) is 24.5 Å². The first-order valence-corrected chi connectivity index (χ1v) is 6.81. The van der Waals surface area contributed by atoms with Crippen LogP contribution in [-0.4, -0.2) is 9.38 Å². The lowest BCUT2D eigenvalue weighted by Gasteiger charge is -2.07. The highest BCUT2D eigenvalue weighted by Crippen LogP contribution is 2.33. The van der Waals surface area contributed by atoms with E-state index in [0.717, 1.165) is 23.4 Å². The summed E-state index contributed by atoms with van der Waals surface area (Å²) in [4.78, 5) is 4.29. The van der Waals surface area contributed by atoms with Crippen LogP contribution in [0, 0.1) is 0 Å². The zero-order valence-electron chi connectivity index (χ0n) is 11.2. The number of nitrogens with zero attached hydrogens (tertiary/aromatic N) is 2.